The van der Waals surface area contributed by atoms with Gasteiger partial charge in [-0.2, -0.15) is 0 Å². The number of hydrogen-bond donors (Lipinski definition) is 5. The van der Waals surface area contributed by atoms with Gasteiger partial charge >= 0.3 is 0 Å². The molecule has 0 saturated carbocycles. The lowest BCUT2D eigenvalue weighted by atomic mass is 15.9. The molecule has 0 aromatic heterocycles. The van der Waals surface area contributed by atoms with Gasteiger partial charge in [-0.05, 0) is 0 Å². The van der Waals surface area contributed by atoms with Gasteiger partial charge in [-0.1, -0.05) is 0 Å². The summed E-state index contributed by atoms with van der Waals surface area (Å²) in [6, 6.07) is 0. The Bertz CT molecular complexity index is 10.0. The van der Waals surface area contributed by atoms with E-state index in [0.717, 1.165) is 0 Å². The highest BCUT2D eigenvalue weighted by atomic mass is 28.2. The maximum Gasteiger partial charge on any atom is 0.240 e. The van der Waals surface area contributed by atoms with Crippen molar-refractivity contribution in [1.82, 2.24) is 0 Å². The largest absolute Gasteiger partial charge is 0.433 e. The second kappa shape index (κ2) is 997. The maximum absolute atomic E-state index is 6.81. The topological polar surface area (TPSA) is 101 Å². The number of rotatable bonds is 0. The third-order valence-corrected chi connectivity index (χ3v) is 0. The molecule has 0 atom stereocenters. The molecule has 0 heterocycles. The van der Waals surface area contributed by atoms with Crippen molar-refractivity contribution in [2.45, 2.75) is 0 Å². The van der Waals surface area contributed by atoms with E-state index in [1.165, 1.54) is 0 Å². The molecule has 10 heavy (non-hydrogen) atoms. The fraction of sp³-hybridized carbons (Fsp3) is 0. The first-order valence-electron chi connectivity index (χ1n) is 1.12. The molecule has 0 rings (SSSR count). The molecule has 10 heteroatoms. The van der Waals surface area contributed by atoms with E-state index >= 15 is 0 Å². The van der Waals surface area contributed by atoms with Crippen molar-refractivity contribution in [3.63, 3.8) is 0 Å². The van der Waals surface area contributed by atoms with Gasteiger partial charge in [0.2, 0.25) is 52.4 Å². The van der Waals surface area contributed by atoms with Crippen molar-refractivity contribution in [2.75, 3.05) is 0 Å². The Morgan fingerprint density at radius 2 is 0.300 bits per heavy atom. The van der Waals surface area contributed by atoms with Crippen LogP contribution in [-0.2, 0) is 0 Å². The second-order valence-corrected chi connectivity index (χ2v) is 0. The summed E-state index contributed by atoms with van der Waals surface area (Å²) in [5.41, 5.74) is 0. The fourth-order valence-corrected chi connectivity index (χ4v) is 0. The van der Waals surface area contributed by atoms with E-state index < -0.39 is 0 Å². The second-order valence-electron chi connectivity index (χ2n) is 0. The summed E-state index contributed by atoms with van der Waals surface area (Å²) >= 11 is 0. The van der Waals surface area contributed by atoms with Gasteiger partial charge in [0.15, 0.2) is 0 Å². The smallest absolute Gasteiger partial charge is 0.240 e. The van der Waals surface area contributed by atoms with Crippen molar-refractivity contribution < 1.29 is 24.0 Å². The standard InChI is InChI=1S/5HOSi/c5*1-2/h5*1H. The van der Waals surface area contributed by atoms with Crippen LogP contribution in [-0.4, -0.2) is 76.4 Å². The van der Waals surface area contributed by atoms with Crippen LogP contribution in [0.25, 0.3) is 0 Å². The monoisotopic (exact) mass is 225 g/mol. The maximum atomic E-state index is 6.81. The van der Waals surface area contributed by atoms with Crippen molar-refractivity contribution in [3.8, 4) is 0 Å². The Morgan fingerprint density at radius 1 is 0.300 bits per heavy atom. The molecular formula is H5O5Si5. The van der Waals surface area contributed by atoms with E-state index in [4.69, 9.17) is 24.0 Å². The third kappa shape index (κ3) is 706. The van der Waals surface area contributed by atoms with Crippen LogP contribution in [0.3, 0.4) is 0 Å². The molecule has 0 amide bonds. The van der Waals surface area contributed by atoms with Crippen LogP contribution in [0.1, 0.15) is 0 Å². The van der Waals surface area contributed by atoms with Crippen LogP contribution >= 0.6 is 0 Å². The van der Waals surface area contributed by atoms with Crippen LogP contribution in [0.15, 0.2) is 0 Å². The Morgan fingerprint density at radius 3 is 0.300 bits per heavy atom. The lowest BCUT2D eigenvalue weighted by Gasteiger charge is -1.15. The third-order valence-electron chi connectivity index (χ3n) is 0. The minimum atomic E-state index is 1.97. The average Bonchev–Trinajstić information content (AvgIpc) is 2.20. The van der Waals surface area contributed by atoms with Crippen molar-refractivity contribution in [2.24, 2.45) is 0 Å². The van der Waals surface area contributed by atoms with E-state index in [0.29, 0.717) is 0 Å². The molecule has 0 bridgehead atoms. The quantitative estimate of drug-likeness (QED) is 0.267. The van der Waals surface area contributed by atoms with E-state index in [2.05, 4.69) is 0 Å². The molecule has 0 aliphatic heterocycles. The minimum absolute atomic E-state index is 1.97. The molecule has 0 saturated heterocycles. The highest BCUT2D eigenvalue weighted by Gasteiger charge is 0.967. The molecule has 15 radical (unpaired) electrons. The summed E-state index contributed by atoms with van der Waals surface area (Å²) in [6.45, 7) is 0. The zero-order chi connectivity index (χ0) is 10.0. The molecule has 55 valence electrons. The highest BCUT2D eigenvalue weighted by Crippen LogP contribution is 0.674. The van der Waals surface area contributed by atoms with Crippen molar-refractivity contribution in [3.05, 3.63) is 0 Å². The Kier molecular flexibility index (Phi) is 3060. The number of hydrogen-bond acceptors (Lipinski definition) is 5. The van der Waals surface area contributed by atoms with Gasteiger partial charge in [0, 0.05) is 0 Å². The van der Waals surface area contributed by atoms with Gasteiger partial charge in [0.25, 0.3) is 0 Å². The SMILES string of the molecule is O[Si].O[Si].O[Si].O[Si].O[Si]. The summed E-state index contributed by atoms with van der Waals surface area (Å²) in [5, 5.41) is 0. The van der Waals surface area contributed by atoms with Crippen LogP contribution in [0.4, 0.5) is 0 Å². The molecule has 0 spiro atoms. The molecule has 5 N–H and O–H groups in total. The van der Waals surface area contributed by atoms with Gasteiger partial charge in [0.05, 0.1) is 0 Å². The molecule has 0 fully saturated rings. The van der Waals surface area contributed by atoms with Gasteiger partial charge in [-0.15, -0.1) is 0 Å². The summed E-state index contributed by atoms with van der Waals surface area (Å²) in [6.07, 6.45) is 0. The predicted molar refractivity (Wildman–Crippen MR) is 39.9 cm³/mol. The van der Waals surface area contributed by atoms with E-state index in [9.17, 15) is 0 Å². The predicted octanol–water partition coefficient (Wildman–Crippen LogP) is -4.69. The Hall–Kier alpha value is 0.884. The average molecular weight is 225 g/mol. The molecule has 0 aliphatic carbocycles. The van der Waals surface area contributed by atoms with Crippen LogP contribution in [0, 0.1) is 0 Å². The van der Waals surface area contributed by atoms with Gasteiger partial charge in [-0.25, -0.2) is 0 Å². The molecule has 0 aromatic rings. The normalized spacial score (nSPS) is 3.00. The zero-order valence-corrected chi connectivity index (χ0v) is 9.74. The lowest BCUT2D eigenvalue weighted by Crippen LogP contribution is -1.34. The summed E-state index contributed by atoms with van der Waals surface area (Å²) < 4.78 is 0. The first-order chi connectivity index (χ1) is 5.00. The fourth-order valence-electron chi connectivity index (χ4n) is 0. The van der Waals surface area contributed by atoms with E-state index in [1.54, 1.807) is 0 Å². The zero-order valence-electron chi connectivity index (χ0n) is 4.74. The molecule has 5 nitrogen and oxygen atoms in total. The van der Waals surface area contributed by atoms with E-state index in [-0.39, 0.29) is 0 Å². The highest BCUT2D eigenvalue weighted by molar-refractivity contribution is 5.95. The van der Waals surface area contributed by atoms with Crippen molar-refractivity contribution >= 4 is 52.4 Å². The van der Waals surface area contributed by atoms with Crippen LogP contribution in [0.5, 0.6) is 0 Å². The molecular weight excluding hydrogens is 220 g/mol. The summed E-state index contributed by atoms with van der Waals surface area (Å²) in [4.78, 5) is 34.0. The Balaban J connectivity index is -0.0000000104. The first kappa shape index (κ1) is 30.7. The van der Waals surface area contributed by atoms with Gasteiger partial charge < -0.3 is 24.0 Å². The summed E-state index contributed by atoms with van der Waals surface area (Å²) in [5.74, 6) is 0. The van der Waals surface area contributed by atoms with Gasteiger partial charge in [0.1, 0.15) is 0 Å². The first-order valence-corrected chi connectivity index (χ1v) is 3.35. The molecule has 0 aromatic carbocycles. The lowest BCUT2D eigenvalue weighted by molar-refractivity contribution is 0.628. The Labute approximate surface area is 76.8 Å². The van der Waals surface area contributed by atoms with Crippen LogP contribution in [0.2, 0.25) is 0 Å². The minimum Gasteiger partial charge on any atom is -0.433 e. The molecule has 0 aliphatic rings. The van der Waals surface area contributed by atoms with Crippen molar-refractivity contribution in [1.29, 1.82) is 0 Å². The van der Waals surface area contributed by atoms with Crippen LogP contribution < -0.4 is 0 Å². The summed E-state index contributed by atoms with van der Waals surface area (Å²) in [7, 11) is 9.86. The molecule has 0 unspecified atom stereocenters. The van der Waals surface area contributed by atoms with E-state index in [1.807, 2.05) is 52.4 Å². The van der Waals surface area contributed by atoms with Gasteiger partial charge in [-0.3, -0.25) is 0 Å².